The Labute approximate surface area is 198 Å². The van der Waals surface area contributed by atoms with Gasteiger partial charge in [0.05, 0.1) is 6.04 Å². The first kappa shape index (κ1) is 23.2. The van der Waals surface area contributed by atoms with Gasteiger partial charge in [0.1, 0.15) is 12.4 Å². The Morgan fingerprint density at radius 3 is 2.64 bits per heavy atom. The molecule has 0 saturated carbocycles. The standard InChI is InChI=1S/C27H29FN2O2S/c1-4-19(3)30(27(32)21-6-5-7-22(28)16-21)17-25(31)29-14-12-24-23(13-15-33-24)26(29)20-10-8-18(2)9-11-20/h5-11,13,15-16,19,26H,4,12,14,17H2,1-3H3. The number of hydrogen-bond acceptors (Lipinski definition) is 3. The molecule has 0 saturated heterocycles. The van der Waals surface area contributed by atoms with E-state index in [-0.39, 0.29) is 36.0 Å². The number of benzene rings is 2. The lowest BCUT2D eigenvalue weighted by molar-refractivity contribution is -0.134. The number of carbonyl (C=O) groups excluding carboxylic acids is 2. The van der Waals surface area contributed by atoms with Crippen LogP contribution >= 0.6 is 11.3 Å². The second kappa shape index (κ2) is 9.87. The zero-order chi connectivity index (χ0) is 23.5. The quantitative estimate of drug-likeness (QED) is 0.476. The fraction of sp³-hybridized carbons (Fsp3) is 0.333. The maximum Gasteiger partial charge on any atom is 0.254 e. The molecule has 2 unspecified atom stereocenters. The molecule has 4 rings (SSSR count). The lowest BCUT2D eigenvalue weighted by Gasteiger charge is -2.38. The Bertz CT molecular complexity index is 1140. The highest BCUT2D eigenvalue weighted by Crippen LogP contribution is 2.38. The monoisotopic (exact) mass is 464 g/mol. The number of halogens is 1. The van der Waals surface area contributed by atoms with Crippen molar-refractivity contribution in [2.75, 3.05) is 13.1 Å². The van der Waals surface area contributed by atoms with Crippen molar-refractivity contribution in [1.29, 1.82) is 0 Å². The molecule has 4 nitrogen and oxygen atoms in total. The number of hydrogen-bond donors (Lipinski definition) is 0. The number of rotatable bonds is 6. The molecular weight excluding hydrogens is 435 g/mol. The highest BCUT2D eigenvalue weighted by Gasteiger charge is 2.34. The van der Waals surface area contributed by atoms with Crippen LogP contribution in [0.4, 0.5) is 4.39 Å². The van der Waals surface area contributed by atoms with E-state index in [0.29, 0.717) is 13.0 Å². The fourth-order valence-corrected chi connectivity index (χ4v) is 5.27. The van der Waals surface area contributed by atoms with Crippen LogP contribution in [0.25, 0.3) is 0 Å². The molecule has 1 aromatic heterocycles. The van der Waals surface area contributed by atoms with Crippen molar-refractivity contribution in [2.24, 2.45) is 0 Å². The van der Waals surface area contributed by atoms with Gasteiger partial charge in [0.25, 0.3) is 5.91 Å². The normalized spacial score (nSPS) is 16.2. The van der Waals surface area contributed by atoms with E-state index in [1.54, 1.807) is 22.3 Å². The van der Waals surface area contributed by atoms with Crippen molar-refractivity contribution in [3.05, 3.63) is 92.9 Å². The molecule has 0 aliphatic carbocycles. The second-order valence-corrected chi connectivity index (χ2v) is 9.65. The summed E-state index contributed by atoms with van der Waals surface area (Å²) in [5.41, 5.74) is 3.66. The molecule has 6 heteroatoms. The smallest absolute Gasteiger partial charge is 0.254 e. The molecule has 1 aliphatic rings. The number of carbonyl (C=O) groups is 2. The van der Waals surface area contributed by atoms with Crippen molar-refractivity contribution in [2.45, 2.75) is 45.7 Å². The van der Waals surface area contributed by atoms with Crippen molar-refractivity contribution in [1.82, 2.24) is 9.80 Å². The van der Waals surface area contributed by atoms with Crippen LogP contribution in [-0.2, 0) is 11.2 Å². The minimum atomic E-state index is -0.461. The van der Waals surface area contributed by atoms with Crippen molar-refractivity contribution in [3.8, 4) is 0 Å². The van der Waals surface area contributed by atoms with E-state index in [2.05, 4.69) is 35.7 Å². The van der Waals surface area contributed by atoms with Crippen molar-refractivity contribution in [3.63, 3.8) is 0 Å². The molecule has 2 heterocycles. The van der Waals surface area contributed by atoms with Crippen LogP contribution in [0.5, 0.6) is 0 Å². The van der Waals surface area contributed by atoms with E-state index >= 15 is 0 Å². The van der Waals surface area contributed by atoms with Gasteiger partial charge in [0.2, 0.25) is 5.91 Å². The predicted octanol–water partition coefficient (Wildman–Crippen LogP) is 5.61. The SMILES string of the molecule is CCC(C)N(CC(=O)N1CCc2sccc2C1c1ccc(C)cc1)C(=O)c1cccc(F)c1. The molecule has 3 aromatic rings. The summed E-state index contributed by atoms with van der Waals surface area (Å²) in [6, 6.07) is 15.7. The van der Waals surface area contributed by atoms with Gasteiger partial charge in [-0.3, -0.25) is 9.59 Å². The first-order valence-corrected chi connectivity index (χ1v) is 12.3. The van der Waals surface area contributed by atoms with Gasteiger partial charge in [-0.25, -0.2) is 4.39 Å². The van der Waals surface area contributed by atoms with E-state index in [0.717, 1.165) is 17.5 Å². The summed E-state index contributed by atoms with van der Waals surface area (Å²) >= 11 is 1.73. The minimum absolute atomic E-state index is 0.0355. The Balaban J connectivity index is 1.64. The van der Waals surface area contributed by atoms with E-state index in [9.17, 15) is 14.0 Å². The third-order valence-corrected chi connectivity index (χ3v) is 7.44. The molecule has 0 radical (unpaired) electrons. The number of thiophene rings is 1. The van der Waals surface area contributed by atoms with Crippen LogP contribution in [0.2, 0.25) is 0 Å². The van der Waals surface area contributed by atoms with E-state index in [1.165, 1.54) is 28.6 Å². The molecule has 2 aromatic carbocycles. The summed E-state index contributed by atoms with van der Waals surface area (Å²) in [5, 5.41) is 2.08. The number of amides is 2. The largest absolute Gasteiger partial charge is 0.330 e. The summed E-state index contributed by atoms with van der Waals surface area (Å²) in [4.78, 5) is 31.7. The van der Waals surface area contributed by atoms with Gasteiger partial charge in [-0.15, -0.1) is 11.3 Å². The topological polar surface area (TPSA) is 40.6 Å². The predicted molar refractivity (Wildman–Crippen MR) is 130 cm³/mol. The zero-order valence-corrected chi connectivity index (χ0v) is 20.1. The van der Waals surface area contributed by atoms with Gasteiger partial charge in [-0.2, -0.15) is 0 Å². The lowest BCUT2D eigenvalue weighted by atomic mass is 9.92. The molecule has 2 amide bonds. The Morgan fingerprint density at radius 1 is 1.18 bits per heavy atom. The fourth-order valence-electron chi connectivity index (χ4n) is 4.37. The molecule has 0 spiro atoms. The maximum atomic E-state index is 13.8. The molecule has 2 atom stereocenters. The van der Waals surface area contributed by atoms with Crippen LogP contribution in [0.3, 0.4) is 0 Å². The average molecular weight is 465 g/mol. The van der Waals surface area contributed by atoms with Gasteiger partial charge in [-0.05, 0) is 67.5 Å². The van der Waals surface area contributed by atoms with Crippen LogP contribution in [0.1, 0.15) is 58.2 Å². The lowest BCUT2D eigenvalue weighted by Crippen LogP contribution is -2.49. The highest BCUT2D eigenvalue weighted by molar-refractivity contribution is 7.10. The summed E-state index contributed by atoms with van der Waals surface area (Å²) < 4.78 is 13.8. The average Bonchev–Trinajstić information content (AvgIpc) is 3.30. The van der Waals surface area contributed by atoms with Gasteiger partial charge in [-0.1, -0.05) is 42.8 Å². The molecule has 33 heavy (non-hydrogen) atoms. The van der Waals surface area contributed by atoms with Gasteiger partial charge in [0, 0.05) is 23.0 Å². The summed E-state index contributed by atoms with van der Waals surface area (Å²) in [6.07, 6.45) is 1.51. The van der Waals surface area contributed by atoms with Crippen molar-refractivity contribution >= 4 is 23.2 Å². The van der Waals surface area contributed by atoms with Crippen molar-refractivity contribution < 1.29 is 14.0 Å². The zero-order valence-electron chi connectivity index (χ0n) is 19.3. The highest BCUT2D eigenvalue weighted by atomic mass is 32.1. The van der Waals surface area contributed by atoms with Gasteiger partial charge >= 0.3 is 0 Å². The summed E-state index contributed by atoms with van der Waals surface area (Å²) in [7, 11) is 0. The van der Waals surface area contributed by atoms with Crippen LogP contribution < -0.4 is 0 Å². The third kappa shape index (κ3) is 4.86. The number of fused-ring (bicyclic) bond motifs is 1. The van der Waals surface area contributed by atoms with Crippen LogP contribution in [-0.4, -0.2) is 40.7 Å². The van der Waals surface area contributed by atoms with E-state index in [4.69, 9.17) is 0 Å². The van der Waals surface area contributed by atoms with Gasteiger partial charge in [0.15, 0.2) is 0 Å². The Morgan fingerprint density at radius 2 is 1.94 bits per heavy atom. The van der Waals surface area contributed by atoms with Gasteiger partial charge < -0.3 is 9.80 Å². The van der Waals surface area contributed by atoms with E-state index in [1.807, 2.05) is 25.7 Å². The Kier molecular flexibility index (Phi) is 6.94. The maximum absolute atomic E-state index is 13.8. The molecular formula is C27H29FN2O2S. The first-order valence-electron chi connectivity index (χ1n) is 11.4. The molecule has 172 valence electrons. The molecule has 0 fully saturated rings. The summed E-state index contributed by atoms with van der Waals surface area (Å²) in [6.45, 7) is 6.52. The molecule has 0 bridgehead atoms. The van der Waals surface area contributed by atoms with Crippen LogP contribution in [0.15, 0.2) is 60.0 Å². The Hall–Kier alpha value is -2.99. The number of aryl methyl sites for hydroxylation is 1. The summed E-state index contributed by atoms with van der Waals surface area (Å²) in [5.74, 6) is -0.878. The molecule has 1 aliphatic heterocycles. The third-order valence-electron chi connectivity index (χ3n) is 6.44. The van der Waals surface area contributed by atoms with Crippen LogP contribution in [0, 0.1) is 12.7 Å². The second-order valence-electron chi connectivity index (χ2n) is 8.65. The first-order chi connectivity index (χ1) is 15.9. The molecule has 0 N–H and O–H groups in total. The minimum Gasteiger partial charge on any atom is -0.330 e. The van der Waals surface area contributed by atoms with E-state index < -0.39 is 5.82 Å². The number of nitrogens with zero attached hydrogens (tertiary/aromatic N) is 2.